The second-order valence-electron chi connectivity index (χ2n) is 6.15. The maximum absolute atomic E-state index is 9.18. The maximum atomic E-state index is 9.18. The van der Waals surface area contributed by atoms with Crippen molar-refractivity contribution in [1.82, 2.24) is 24.7 Å². The molecule has 1 N–H and O–H groups in total. The number of nitrogens with one attached hydrogen (secondary N) is 1. The summed E-state index contributed by atoms with van der Waals surface area (Å²) in [7, 11) is 0. The third-order valence-corrected chi connectivity index (χ3v) is 4.81. The van der Waals surface area contributed by atoms with E-state index in [-0.39, 0.29) is 23.0 Å². The molecule has 0 aliphatic heterocycles. The lowest BCUT2D eigenvalue weighted by Crippen LogP contribution is -2.17. The standard InChI is InChI=1S/C17H18N6.BrH/c18-7-5-15(12-3-1-2-4-12)23-10-13(9-22-23)16-14-6-8-19-17(14)21-11-20-16;/h6,8-12,15H,1-5H2,(H,19,20,21);1H/t15-;/m1./s1. The Hall–Kier alpha value is -2.20. The van der Waals surface area contributed by atoms with Crippen molar-refractivity contribution in [2.45, 2.75) is 38.1 Å². The van der Waals surface area contributed by atoms with Crippen LogP contribution in [0.25, 0.3) is 22.3 Å². The number of nitrogens with zero attached hydrogens (tertiary/aromatic N) is 5. The zero-order valence-corrected chi connectivity index (χ0v) is 14.9. The van der Waals surface area contributed by atoms with Crippen molar-refractivity contribution in [3.8, 4) is 17.3 Å². The van der Waals surface area contributed by atoms with Gasteiger partial charge in [0, 0.05) is 23.3 Å². The minimum Gasteiger partial charge on any atom is -0.346 e. The molecule has 1 aliphatic carbocycles. The van der Waals surface area contributed by atoms with Gasteiger partial charge in [-0.05, 0) is 24.8 Å². The van der Waals surface area contributed by atoms with Crippen molar-refractivity contribution in [3.63, 3.8) is 0 Å². The molecule has 0 saturated heterocycles. The van der Waals surface area contributed by atoms with Crippen LogP contribution in [0.15, 0.2) is 31.0 Å². The minimum absolute atomic E-state index is 0. The first kappa shape index (κ1) is 16.7. The summed E-state index contributed by atoms with van der Waals surface area (Å²) in [5, 5.41) is 14.7. The summed E-state index contributed by atoms with van der Waals surface area (Å²) in [4.78, 5) is 11.7. The Morgan fingerprint density at radius 2 is 2.17 bits per heavy atom. The fraction of sp³-hybridized carbons (Fsp3) is 0.412. The van der Waals surface area contributed by atoms with Gasteiger partial charge in [-0.2, -0.15) is 10.4 Å². The number of fused-ring (bicyclic) bond motifs is 1. The van der Waals surface area contributed by atoms with Gasteiger partial charge in [-0.3, -0.25) is 4.68 Å². The Balaban J connectivity index is 0.00000169. The first-order valence-corrected chi connectivity index (χ1v) is 8.06. The van der Waals surface area contributed by atoms with Gasteiger partial charge >= 0.3 is 0 Å². The summed E-state index contributed by atoms with van der Waals surface area (Å²) in [6, 6.07) is 4.47. The number of aromatic nitrogens is 5. The zero-order valence-electron chi connectivity index (χ0n) is 13.2. The highest BCUT2D eigenvalue weighted by Gasteiger charge is 2.27. The second-order valence-corrected chi connectivity index (χ2v) is 6.15. The molecule has 0 spiro atoms. The topological polar surface area (TPSA) is 83.2 Å². The first-order chi connectivity index (χ1) is 11.4. The summed E-state index contributed by atoms with van der Waals surface area (Å²) in [5.74, 6) is 0.556. The molecule has 0 amide bonds. The SMILES string of the molecule is Br.N#CC[C@H](C1CCCC1)n1cc(-c2ncnc3[nH]ccc23)cn1. The lowest BCUT2D eigenvalue weighted by atomic mass is 9.96. The molecule has 1 fully saturated rings. The van der Waals surface area contributed by atoms with Gasteiger partial charge in [0.25, 0.3) is 0 Å². The van der Waals surface area contributed by atoms with Crippen molar-refractivity contribution >= 4 is 28.0 Å². The fourth-order valence-corrected chi connectivity index (χ4v) is 3.66. The number of halogens is 1. The van der Waals surface area contributed by atoms with Crippen LogP contribution in [0.1, 0.15) is 38.1 Å². The van der Waals surface area contributed by atoms with Gasteiger partial charge < -0.3 is 4.98 Å². The largest absolute Gasteiger partial charge is 0.346 e. The molecule has 1 atom stereocenters. The number of rotatable bonds is 4. The summed E-state index contributed by atoms with van der Waals surface area (Å²) >= 11 is 0. The Labute approximate surface area is 150 Å². The van der Waals surface area contributed by atoms with E-state index in [0.29, 0.717) is 12.3 Å². The van der Waals surface area contributed by atoms with Crippen LogP contribution in [0.3, 0.4) is 0 Å². The normalized spacial score (nSPS) is 16.0. The Morgan fingerprint density at radius 3 is 2.96 bits per heavy atom. The molecule has 6 nitrogen and oxygen atoms in total. The Bertz CT molecular complexity index is 855. The highest BCUT2D eigenvalue weighted by Crippen LogP contribution is 2.36. The van der Waals surface area contributed by atoms with Gasteiger partial charge in [-0.15, -0.1) is 17.0 Å². The van der Waals surface area contributed by atoms with Gasteiger partial charge in [0.15, 0.2) is 0 Å². The molecule has 0 aromatic carbocycles. The van der Waals surface area contributed by atoms with E-state index < -0.39 is 0 Å². The van der Waals surface area contributed by atoms with E-state index in [9.17, 15) is 5.26 Å². The van der Waals surface area contributed by atoms with Crippen LogP contribution in [-0.4, -0.2) is 24.7 Å². The van der Waals surface area contributed by atoms with Crippen molar-refractivity contribution < 1.29 is 0 Å². The van der Waals surface area contributed by atoms with Crippen LogP contribution in [0.5, 0.6) is 0 Å². The lowest BCUT2D eigenvalue weighted by Gasteiger charge is -2.21. The Kier molecular flexibility index (Phi) is 4.95. The summed E-state index contributed by atoms with van der Waals surface area (Å²) in [5.41, 5.74) is 2.68. The molecule has 24 heavy (non-hydrogen) atoms. The summed E-state index contributed by atoms with van der Waals surface area (Å²) < 4.78 is 1.97. The molecule has 3 aromatic heterocycles. The van der Waals surface area contributed by atoms with Crippen molar-refractivity contribution in [1.29, 1.82) is 5.26 Å². The van der Waals surface area contributed by atoms with E-state index in [1.54, 1.807) is 6.33 Å². The van der Waals surface area contributed by atoms with Gasteiger partial charge in [0.05, 0.1) is 30.4 Å². The maximum Gasteiger partial charge on any atom is 0.141 e. The third-order valence-electron chi connectivity index (χ3n) is 4.81. The average Bonchev–Trinajstić information content (AvgIpc) is 3.32. The molecule has 124 valence electrons. The molecule has 0 unspecified atom stereocenters. The van der Waals surface area contributed by atoms with Crippen molar-refractivity contribution in [2.24, 2.45) is 5.92 Å². The van der Waals surface area contributed by atoms with Crippen molar-refractivity contribution in [3.05, 3.63) is 31.0 Å². The molecule has 1 saturated carbocycles. The highest BCUT2D eigenvalue weighted by atomic mass is 79.9. The molecule has 1 aliphatic rings. The highest BCUT2D eigenvalue weighted by molar-refractivity contribution is 8.93. The quantitative estimate of drug-likeness (QED) is 0.732. The van der Waals surface area contributed by atoms with Crippen LogP contribution in [-0.2, 0) is 0 Å². The molecular formula is C17H19BrN6. The number of H-pyrrole nitrogens is 1. The number of hydrogen-bond acceptors (Lipinski definition) is 4. The Morgan fingerprint density at radius 1 is 1.33 bits per heavy atom. The number of aromatic amines is 1. The van der Waals surface area contributed by atoms with E-state index in [1.165, 1.54) is 25.7 Å². The van der Waals surface area contributed by atoms with Crippen LogP contribution in [0, 0.1) is 17.2 Å². The zero-order chi connectivity index (χ0) is 15.6. The molecule has 3 heterocycles. The first-order valence-electron chi connectivity index (χ1n) is 8.06. The van der Waals surface area contributed by atoms with E-state index >= 15 is 0 Å². The summed E-state index contributed by atoms with van der Waals surface area (Å²) in [6.45, 7) is 0. The second kappa shape index (κ2) is 7.14. The fourth-order valence-electron chi connectivity index (χ4n) is 3.66. The summed E-state index contributed by atoms with van der Waals surface area (Å²) in [6.07, 6.45) is 12.7. The minimum atomic E-state index is 0. The predicted octanol–water partition coefficient (Wildman–Crippen LogP) is 4.04. The monoisotopic (exact) mass is 386 g/mol. The van der Waals surface area contributed by atoms with Gasteiger partial charge in [-0.25, -0.2) is 9.97 Å². The van der Waals surface area contributed by atoms with E-state index in [4.69, 9.17) is 0 Å². The van der Waals surface area contributed by atoms with Crippen LogP contribution < -0.4 is 0 Å². The van der Waals surface area contributed by atoms with Crippen LogP contribution in [0.4, 0.5) is 0 Å². The molecule has 0 bridgehead atoms. The van der Waals surface area contributed by atoms with E-state index in [2.05, 4.69) is 26.1 Å². The van der Waals surface area contributed by atoms with E-state index in [1.807, 2.05) is 29.3 Å². The number of hydrogen-bond donors (Lipinski definition) is 1. The molecule has 4 rings (SSSR count). The third kappa shape index (κ3) is 2.94. The molecule has 3 aromatic rings. The van der Waals surface area contributed by atoms with Gasteiger partial charge in [0.2, 0.25) is 0 Å². The lowest BCUT2D eigenvalue weighted by molar-refractivity contribution is 0.315. The smallest absolute Gasteiger partial charge is 0.141 e. The molecule has 7 heteroatoms. The molecular weight excluding hydrogens is 368 g/mol. The van der Waals surface area contributed by atoms with Gasteiger partial charge in [-0.1, -0.05) is 12.8 Å². The van der Waals surface area contributed by atoms with Crippen LogP contribution in [0.2, 0.25) is 0 Å². The number of nitriles is 1. The van der Waals surface area contributed by atoms with Crippen molar-refractivity contribution in [2.75, 3.05) is 0 Å². The van der Waals surface area contributed by atoms with Crippen LogP contribution >= 0.6 is 17.0 Å². The molecule has 0 radical (unpaired) electrons. The van der Waals surface area contributed by atoms with Gasteiger partial charge in [0.1, 0.15) is 12.0 Å². The van der Waals surface area contributed by atoms with E-state index in [0.717, 1.165) is 22.3 Å². The predicted molar refractivity (Wildman–Crippen MR) is 96.7 cm³/mol. The average molecular weight is 387 g/mol.